The molecular weight excluding hydrogens is 472 g/mol. The largest absolute Gasteiger partial charge is 0.493 e. The number of thiocarbonyl (C=S) groups is 1. The van der Waals surface area contributed by atoms with Crippen molar-refractivity contribution in [1.29, 1.82) is 0 Å². The number of thioether (sulfide) groups is 1. The first-order valence-corrected chi connectivity index (χ1v) is 11.5. The number of nitro groups is 1. The molecule has 0 N–H and O–H groups in total. The third-order valence-electron chi connectivity index (χ3n) is 5.08. The van der Waals surface area contributed by atoms with Crippen molar-refractivity contribution in [3.05, 3.63) is 105 Å². The van der Waals surface area contributed by atoms with Crippen LogP contribution in [0.5, 0.6) is 11.5 Å². The topological polar surface area (TPSA) is 81.9 Å². The molecule has 0 bridgehead atoms. The number of rotatable bonds is 8. The summed E-state index contributed by atoms with van der Waals surface area (Å²) in [5.74, 6) is 0.896. The van der Waals surface area contributed by atoms with Crippen molar-refractivity contribution < 1.29 is 19.2 Å². The van der Waals surface area contributed by atoms with E-state index >= 15 is 0 Å². The molecule has 172 valence electrons. The van der Waals surface area contributed by atoms with Crippen LogP contribution >= 0.6 is 24.0 Å². The second kappa shape index (κ2) is 10.5. The lowest BCUT2D eigenvalue weighted by Crippen LogP contribution is -2.27. The minimum absolute atomic E-state index is 0.0212. The van der Waals surface area contributed by atoms with Crippen molar-refractivity contribution in [1.82, 2.24) is 4.90 Å². The summed E-state index contributed by atoms with van der Waals surface area (Å²) in [4.78, 5) is 25.5. The second-order valence-electron chi connectivity index (χ2n) is 7.38. The molecule has 1 saturated heterocycles. The van der Waals surface area contributed by atoms with E-state index in [2.05, 4.69) is 0 Å². The first-order valence-electron chi connectivity index (χ1n) is 10.3. The van der Waals surface area contributed by atoms with Gasteiger partial charge in [0.2, 0.25) is 0 Å². The first kappa shape index (κ1) is 23.5. The molecule has 0 atom stereocenters. The van der Waals surface area contributed by atoms with Gasteiger partial charge in [0.15, 0.2) is 11.5 Å². The van der Waals surface area contributed by atoms with Gasteiger partial charge in [-0.1, -0.05) is 60.4 Å². The van der Waals surface area contributed by atoms with Crippen LogP contribution in [-0.4, -0.2) is 27.2 Å². The van der Waals surface area contributed by atoms with E-state index in [1.807, 2.05) is 36.4 Å². The summed E-state index contributed by atoms with van der Waals surface area (Å²) >= 11 is 6.70. The van der Waals surface area contributed by atoms with Crippen molar-refractivity contribution in [2.24, 2.45) is 0 Å². The summed E-state index contributed by atoms with van der Waals surface area (Å²) in [6.45, 7) is 0.631. The lowest BCUT2D eigenvalue weighted by atomic mass is 10.1. The fourth-order valence-corrected chi connectivity index (χ4v) is 4.58. The van der Waals surface area contributed by atoms with Crippen LogP contribution in [0.4, 0.5) is 5.69 Å². The Morgan fingerprint density at radius 1 is 1.03 bits per heavy atom. The summed E-state index contributed by atoms with van der Waals surface area (Å²) in [6, 6.07) is 21.2. The number of non-ortho nitro benzene ring substituents is 1. The van der Waals surface area contributed by atoms with Gasteiger partial charge in [0, 0.05) is 12.1 Å². The quantitative estimate of drug-likeness (QED) is 0.176. The molecule has 7 nitrogen and oxygen atoms in total. The molecule has 1 fully saturated rings. The molecule has 1 aliphatic heterocycles. The van der Waals surface area contributed by atoms with E-state index in [1.54, 1.807) is 42.4 Å². The van der Waals surface area contributed by atoms with Gasteiger partial charge in [0.25, 0.3) is 11.6 Å². The van der Waals surface area contributed by atoms with E-state index in [9.17, 15) is 14.9 Å². The van der Waals surface area contributed by atoms with E-state index in [0.717, 1.165) is 16.7 Å². The highest BCUT2D eigenvalue weighted by Gasteiger charge is 2.32. The van der Waals surface area contributed by atoms with Crippen LogP contribution in [0, 0.1) is 10.1 Å². The number of ether oxygens (including phenoxy) is 2. The fraction of sp³-hybridized carbons (Fsp3) is 0.120. The SMILES string of the molecule is COc1ccc(/C=C2/SC(=S)N(Cc3ccccc3)C2=O)cc1OCc1ccc([N+](=O)[O-])cc1. The number of methoxy groups -OCH3 is 1. The van der Waals surface area contributed by atoms with Crippen LogP contribution in [0.3, 0.4) is 0 Å². The Bertz CT molecular complexity index is 1260. The number of hydrogen-bond donors (Lipinski definition) is 0. The normalized spacial score (nSPS) is 14.5. The van der Waals surface area contributed by atoms with Crippen molar-refractivity contribution in [2.45, 2.75) is 13.2 Å². The predicted octanol–water partition coefficient (Wildman–Crippen LogP) is 5.58. The molecule has 34 heavy (non-hydrogen) atoms. The average molecular weight is 493 g/mol. The molecule has 0 aromatic heterocycles. The van der Waals surface area contributed by atoms with Crippen LogP contribution in [-0.2, 0) is 17.9 Å². The molecule has 3 aromatic carbocycles. The van der Waals surface area contributed by atoms with Gasteiger partial charge >= 0.3 is 0 Å². The van der Waals surface area contributed by atoms with Gasteiger partial charge < -0.3 is 9.47 Å². The van der Waals surface area contributed by atoms with E-state index in [0.29, 0.717) is 27.3 Å². The predicted molar refractivity (Wildman–Crippen MR) is 136 cm³/mol. The molecule has 0 spiro atoms. The summed E-state index contributed by atoms with van der Waals surface area (Å²) in [5.41, 5.74) is 2.57. The maximum Gasteiger partial charge on any atom is 0.269 e. The standard InChI is InChI=1S/C25H20N2O5S2/c1-31-21-12-9-19(13-22(21)32-16-18-7-10-20(11-8-18)27(29)30)14-23-24(28)26(25(33)34-23)15-17-5-3-2-4-6-17/h2-14H,15-16H2,1H3/b23-14+. The van der Waals surface area contributed by atoms with Gasteiger partial charge in [-0.15, -0.1) is 0 Å². The van der Waals surface area contributed by atoms with Crippen molar-refractivity contribution in [2.75, 3.05) is 7.11 Å². The van der Waals surface area contributed by atoms with Gasteiger partial charge in [-0.25, -0.2) is 0 Å². The molecule has 1 aliphatic rings. The smallest absolute Gasteiger partial charge is 0.269 e. The minimum atomic E-state index is -0.445. The van der Waals surface area contributed by atoms with E-state index in [1.165, 1.54) is 23.9 Å². The maximum atomic E-state index is 13.0. The Labute approximate surface area is 206 Å². The molecule has 0 unspecified atom stereocenters. The van der Waals surface area contributed by atoms with Crippen LogP contribution in [0.1, 0.15) is 16.7 Å². The number of amides is 1. The molecule has 1 amide bonds. The number of benzene rings is 3. The number of nitro benzene ring substituents is 1. The molecule has 1 heterocycles. The molecule has 0 aliphatic carbocycles. The Kier molecular flexibility index (Phi) is 7.24. The van der Waals surface area contributed by atoms with Crippen LogP contribution in [0.15, 0.2) is 77.7 Å². The number of hydrogen-bond acceptors (Lipinski definition) is 7. The second-order valence-corrected chi connectivity index (χ2v) is 9.05. The summed E-state index contributed by atoms with van der Waals surface area (Å²) in [5, 5.41) is 10.8. The highest BCUT2D eigenvalue weighted by atomic mass is 32.2. The lowest BCUT2D eigenvalue weighted by molar-refractivity contribution is -0.384. The van der Waals surface area contributed by atoms with Gasteiger partial charge in [0.05, 0.1) is 23.5 Å². The van der Waals surface area contributed by atoms with Crippen molar-refractivity contribution >= 4 is 46.0 Å². The zero-order valence-corrected chi connectivity index (χ0v) is 19.8. The Hall–Kier alpha value is -3.69. The Morgan fingerprint density at radius 2 is 1.76 bits per heavy atom. The third-order valence-corrected chi connectivity index (χ3v) is 6.46. The molecule has 0 saturated carbocycles. The summed E-state index contributed by atoms with van der Waals surface area (Å²) in [6.07, 6.45) is 1.78. The zero-order valence-electron chi connectivity index (χ0n) is 18.2. The maximum absolute atomic E-state index is 13.0. The minimum Gasteiger partial charge on any atom is -0.493 e. The highest BCUT2D eigenvalue weighted by molar-refractivity contribution is 8.26. The van der Waals surface area contributed by atoms with Gasteiger partial charge in [0.1, 0.15) is 10.9 Å². The van der Waals surface area contributed by atoms with Crippen LogP contribution in [0.25, 0.3) is 6.08 Å². The van der Waals surface area contributed by atoms with Gasteiger partial charge in [-0.3, -0.25) is 19.8 Å². The Morgan fingerprint density at radius 3 is 2.44 bits per heavy atom. The van der Waals surface area contributed by atoms with E-state index in [-0.39, 0.29) is 18.2 Å². The number of carbonyl (C=O) groups is 1. The van der Waals surface area contributed by atoms with Crippen molar-refractivity contribution in [3.8, 4) is 11.5 Å². The number of carbonyl (C=O) groups excluding carboxylic acids is 1. The van der Waals surface area contributed by atoms with Gasteiger partial charge in [-0.2, -0.15) is 0 Å². The molecule has 9 heteroatoms. The van der Waals surface area contributed by atoms with E-state index < -0.39 is 4.92 Å². The van der Waals surface area contributed by atoms with Crippen molar-refractivity contribution in [3.63, 3.8) is 0 Å². The summed E-state index contributed by atoms with van der Waals surface area (Å²) < 4.78 is 11.8. The average Bonchev–Trinajstić information content (AvgIpc) is 3.11. The summed E-state index contributed by atoms with van der Waals surface area (Å²) in [7, 11) is 1.54. The fourth-order valence-electron chi connectivity index (χ4n) is 3.32. The van der Waals surface area contributed by atoms with Crippen LogP contribution in [0.2, 0.25) is 0 Å². The van der Waals surface area contributed by atoms with Crippen LogP contribution < -0.4 is 9.47 Å². The third kappa shape index (κ3) is 5.44. The first-order chi connectivity index (χ1) is 16.4. The monoisotopic (exact) mass is 492 g/mol. The zero-order chi connectivity index (χ0) is 24.1. The molecular formula is C25H20N2O5S2. The number of nitrogens with zero attached hydrogens (tertiary/aromatic N) is 2. The highest BCUT2D eigenvalue weighted by Crippen LogP contribution is 2.35. The van der Waals surface area contributed by atoms with Gasteiger partial charge in [-0.05, 0) is 47.0 Å². The molecule has 4 rings (SSSR count). The Balaban J connectivity index is 1.50. The molecule has 3 aromatic rings. The van der Waals surface area contributed by atoms with E-state index in [4.69, 9.17) is 21.7 Å². The molecule has 0 radical (unpaired) electrons. The lowest BCUT2D eigenvalue weighted by Gasteiger charge is -2.14.